The Balaban J connectivity index is 2.65. The molecule has 0 N–H and O–H groups in total. The van der Waals surface area contributed by atoms with Gasteiger partial charge in [0.2, 0.25) is 0 Å². The van der Waals surface area contributed by atoms with Gasteiger partial charge in [0.25, 0.3) is 0 Å². The van der Waals surface area contributed by atoms with Gasteiger partial charge in [-0.25, -0.2) is 0 Å². The van der Waals surface area contributed by atoms with E-state index in [1.54, 1.807) is 6.26 Å². The Hall–Kier alpha value is -1.02. The van der Waals surface area contributed by atoms with Gasteiger partial charge in [-0.05, 0) is 80.1 Å². The Morgan fingerprint density at radius 2 is 1.39 bits per heavy atom. The van der Waals surface area contributed by atoms with Crippen LogP contribution in [0.5, 0.6) is 0 Å². The summed E-state index contributed by atoms with van der Waals surface area (Å²) < 4.78 is 5.52. The Labute approximate surface area is 117 Å². The fourth-order valence-corrected chi connectivity index (χ4v) is 3.43. The first-order valence-electron chi connectivity index (χ1n) is 6.19. The van der Waals surface area contributed by atoms with Crippen LogP contribution in [0.1, 0.15) is 44.0 Å². The summed E-state index contributed by atoms with van der Waals surface area (Å²) in [7, 11) is 0. The summed E-state index contributed by atoms with van der Waals surface area (Å²) in [6.45, 7) is 11.0. The minimum Gasteiger partial charge on any atom is -0.468 e. The van der Waals surface area contributed by atoms with Gasteiger partial charge in [-0.15, -0.1) is 0 Å². The molecule has 18 heavy (non-hydrogen) atoms. The smallest absolute Gasteiger partial charge is 0.121 e. The van der Waals surface area contributed by atoms with Crippen LogP contribution in [0.2, 0.25) is 0 Å². The number of hydrogen-bond donors (Lipinski definition) is 0. The molecule has 96 valence electrons. The van der Waals surface area contributed by atoms with Crippen molar-refractivity contribution < 1.29 is 4.42 Å². The van der Waals surface area contributed by atoms with E-state index in [4.69, 9.17) is 4.42 Å². The highest BCUT2D eigenvalue weighted by Gasteiger charge is 2.21. The van der Waals surface area contributed by atoms with Gasteiger partial charge in [0, 0.05) is 0 Å². The molecule has 0 saturated carbocycles. The number of hydrogen-bond acceptors (Lipinski definition) is 1. The molecule has 0 bridgehead atoms. The fraction of sp³-hybridized carbons (Fsp3) is 0.375. The molecule has 0 spiro atoms. The van der Waals surface area contributed by atoms with Crippen LogP contribution in [-0.2, 0) is 0 Å². The van der Waals surface area contributed by atoms with E-state index in [0.29, 0.717) is 0 Å². The first-order valence-corrected chi connectivity index (χ1v) is 7.11. The van der Waals surface area contributed by atoms with Crippen LogP contribution < -0.4 is 0 Å². The molecule has 1 aromatic heterocycles. The third kappa shape index (κ3) is 2.03. The lowest BCUT2D eigenvalue weighted by Crippen LogP contribution is -2.05. The second kappa shape index (κ2) is 4.93. The third-order valence-electron chi connectivity index (χ3n) is 4.10. The molecule has 1 nitrogen and oxygen atoms in total. The van der Waals surface area contributed by atoms with Crippen LogP contribution in [0, 0.1) is 34.6 Å². The molecule has 1 unspecified atom stereocenters. The molecule has 2 aromatic rings. The second-order valence-corrected chi connectivity index (χ2v) is 5.83. The Bertz CT molecular complexity index is 538. The first kappa shape index (κ1) is 13.4. The highest BCUT2D eigenvalue weighted by molar-refractivity contribution is 9.09. The summed E-state index contributed by atoms with van der Waals surface area (Å²) in [5, 5.41) is 0. The van der Waals surface area contributed by atoms with Crippen molar-refractivity contribution in [1.29, 1.82) is 0 Å². The van der Waals surface area contributed by atoms with E-state index < -0.39 is 0 Å². The van der Waals surface area contributed by atoms with E-state index in [1.807, 2.05) is 12.1 Å². The van der Waals surface area contributed by atoms with Gasteiger partial charge < -0.3 is 4.42 Å². The monoisotopic (exact) mass is 306 g/mol. The van der Waals surface area contributed by atoms with E-state index in [9.17, 15) is 0 Å². The average Bonchev–Trinajstić information content (AvgIpc) is 2.88. The molecule has 0 saturated heterocycles. The summed E-state index contributed by atoms with van der Waals surface area (Å²) >= 11 is 3.77. The summed E-state index contributed by atoms with van der Waals surface area (Å²) in [5.74, 6) is 0.962. The highest BCUT2D eigenvalue weighted by Crippen LogP contribution is 2.38. The highest BCUT2D eigenvalue weighted by atomic mass is 79.9. The van der Waals surface area contributed by atoms with Gasteiger partial charge in [0.05, 0.1) is 11.1 Å². The number of rotatable bonds is 2. The summed E-state index contributed by atoms with van der Waals surface area (Å²) in [5.41, 5.74) is 8.20. The predicted octanol–water partition coefficient (Wildman–Crippen LogP) is 5.31. The Morgan fingerprint density at radius 1 is 0.889 bits per heavy atom. The van der Waals surface area contributed by atoms with Crippen LogP contribution in [0.15, 0.2) is 22.8 Å². The number of benzene rings is 1. The van der Waals surface area contributed by atoms with Crippen molar-refractivity contribution in [3.05, 3.63) is 57.5 Å². The van der Waals surface area contributed by atoms with Crippen molar-refractivity contribution in [3.63, 3.8) is 0 Å². The number of halogens is 1. The van der Waals surface area contributed by atoms with Crippen molar-refractivity contribution in [2.45, 2.75) is 39.4 Å². The predicted molar refractivity (Wildman–Crippen MR) is 79.6 cm³/mol. The van der Waals surface area contributed by atoms with Crippen molar-refractivity contribution in [2.75, 3.05) is 0 Å². The van der Waals surface area contributed by atoms with E-state index in [-0.39, 0.29) is 4.83 Å². The van der Waals surface area contributed by atoms with Crippen LogP contribution in [-0.4, -0.2) is 0 Å². The molecule has 2 rings (SSSR count). The average molecular weight is 307 g/mol. The SMILES string of the molecule is Cc1c(C)c(C)c(C(Br)c2ccco2)c(C)c1C. The molecule has 0 aliphatic heterocycles. The van der Waals surface area contributed by atoms with Crippen LogP contribution in [0.3, 0.4) is 0 Å². The quantitative estimate of drug-likeness (QED) is 0.686. The zero-order valence-electron chi connectivity index (χ0n) is 11.6. The Kier molecular flexibility index (Phi) is 3.67. The molecule has 1 heterocycles. The van der Waals surface area contributed by atoms with Gasteiger partial charge in [0.15, 0.2) is 0 Å². The molecule has 0 amide bonds. The lowest BCUT2D eigenvalue weighted by Gasteiger charge is -2.21. The molecular formula is C16H19BrO. The van der Waals surface area contributed by atoms with Crippen LogP contribution >= 0.6 is 15.9 Å². The molecule has 0 radical (unpaired) electrons. The van der Waals surface area contributed by atoms with Gasteiger partial charge in [0.1, 0.15) is 5.76 Å². The molecule has 0 aliphatic rings. The normalized spacial score (nSPS) is 12.8. The second-order valence-electron chi connectivity index (χ2n) is 4.92. The van der Waals surface area contributed by atoms with Crippen LogP contribution in [0.4, 0.5) is 0 Å². The van der Waals surface area contributed by atoms with Crippen molar-refractivity contribution in [2.24, 2.45) is 0 Å². The first-order chi connectivity index (χ1) is 8.45. The maximum atomic E-state index is 5.52. The van der Waals surface area contributed by atoms with Crippen molar-refractivity contribution in [3.8, 4) is 0 Å². The molecule has 0 aliphatic carbocycles. The zero-order valence-corrected chi connectivity index (χ0v) is 13.2. The maximum absolute atomic E-state index is 5.52. The molecule has 1 aromatic carbocycles. The zero-order chi connectivity index (χ0) is 13.4. The molecule has 2 heteroatoms. The van der Waals surface area contributed by atoms with Gasteiger partial charge >= 0.3 is 0 Å². The topological polar surface area (TPSA) is 13.1 Å². The minimum absolute atomic E-state index is 0.130. The Morgan fingerprint density at radius 3 is 1.83 bits per heavy atom. The largest absolute Gasteiger partial charge is 0.468 e. The van der Waals surface area contributed by atoms with Crippen molar-refractivity contribution >= 4 is 15.9 Å². The summed E-state index contributed by atoms with van der Waals surface area (Å²) in [6.07, 6.45) is 1.72. The summed E-state index contributed by atoms with van der Waals surface area (Å²) in [4.78, 5) is 0.130. The number of alkyl halides is 1. The van der Waals surface area contributed by atoms with E-state index in [0.717, 1.165) is 5.76 Å². The molecular weight excluding hydrogens is 288 g/mol. The lowest BCUT2D eigenvalue weighted by molar-refractivity contribution is 0.519. The van der Waals surface area contributed by atoms with E-state index in [1.165, 1.54) is 33.4 Å². The number of furan rings is 1. The molecule has 0 fully saturated rings. The van der Waals surface area contributed by atoms with Crippen molar-refractivity contribution in [1.82, 2.24) is 0 Å². The van der Waals surface area contributed by atoms with E-state index in [2.05, 4.69) is 50.5 Å². The standard InChI is InChI=1S/C16H19BrO/c1-9-10(2)12(4)15(13(5)11(9)3)16(17)14-7-6-8-18-14/h6-8,16H,1-5H3. The fourth-order valence-electron chi connectivity index (χ4n) is 2.49. The van der Waals surface area contributed by atoms with Gasteiger partial charge in [-0.2, -0.15) is 0 Å². The minimum atomic E-state index is 0.130. The third-order valence-corrected chi connectivity index (χ3v) is 5.01. The lowest BCUT2D eigenvalue weighted by atomic mass is 9.88. The van der Waals surface area contributed by atoms with Crippen LogP contribution in [0.25, 0.3) is 0 Å². The van der Waals surface area contributed by atoms with E-state index >= 15 is 0 Å². The maximum Gasteiger partial charge on any atom is 0.121 e. The van der Waals surface area contributed by atoms with Gasteiger partial charge in [-0.1, -0.05) is 15.9 Å². The summed E-state index contributed by atoms with van der Waals surface area (Å²) in [6, 6.07) is 3.95. The molecule has 1 atom stereocenters. The van der Waals surface area contributed by atoms with Gasteiger partial charge in [-0.3, -0.25) is 0 Å².